The van der Waals surface area contributed by atoms with Gasteiger partial charge in [-0.05, 0) is 111 Å². The molecule has 3 aliphatic heterocycles. The molecule has 3 aliphatic rings. The van der Waals surface area contributed by atoms with E-state index in [1.165, 1.54) is 23.1 Å². The number of aliphatic hydroxyl groups is 1. The first-order valence-electron chi connectivity index (χ1n) is 26.7. The quantitative estimate of drug-likeness (QED) is 0.0514. The van der Waals surface area contributed by atoms with Crippen LogP contribution in [-0.2, 0) is 14.4 Å². The maximum Gasteiger partial charge on any atom is 0.310 e. The summed E-state index contributed by atoms with van der Waals surface area (Å²) >= 11 is 1.57. The number of β-amino-alcohol motifs (C(OH)–C–C–N with tert-alkyl or cyclic N) is 1. The molecule has 18 nitrogen and oxygen atoms in total. The van der Waals surface area contributed by atoms with Crippen molar-refractivity contribution in [2.45, 2.75) is 119 Å². The van der Waals surface area contributed by atoms with Crippen molar-refractivity contribution in [3.63, 3.8) is 0 Å². The minimum atomic E-state index is -0.914. The van der Waals surface area contributed by atoms with Crippen molar-refractivity contribution in [3.05, 3.63) is 98.7 Å². The lowest BCUT2D eigenvalue weighted by molar-refractivity contribution is -0.385. The monoisotopic (exact) mass is 1060 g/mol. The molecule has 4 heterocycles. The van der Waals surface area contributed by atoms with E-state index in [4.69, 9.17) is 9.47 Å². The van der Waals surface area contributed by atoms with E-state index in [0.717, 1.165) is 54.2 Å². The summed E-state index contributed by atoms with van der Waals surface area (Å²) in [6.07, 6.45) is 2.11. The number of carbonyl (C=O) groups excluding carboxylic acids is 5. The number of ether oxygens (including phenoxy) is 2. The van der Waals surface area contributed by atoms with Crippen molar-refractivity contribution in [3.8, 4) is 21.9 Å². The lowest BCUT2D eigenvalue weighted by atomic mass is 9.84. The van der Waals surface area contributed by atoms with Crippen LogP contribution in [-0.4, -0.2) is 130 Å². The van der Waals surface area contributed by atoms with E-state index in [1.54, 1.807) is 29.5 Å². The van der Waals surface area contributed by atoms with Crippen LogP contribution in [0.5, 0.6) is 11.5 Å². The van der Waals surface area contributed by atoms with Gasteiger partial charge in [0.25, 0.3) is 11.8 Å². The number of nitro benzene ring substituents is 1. The summed E-state index contributed by atoms with van der Waals surface area (Å²) in [4.78, 5) is 91.8. The molecule has 4 aromatic rings. The number of carbonyl (C=O) groups is 5. The molecule has 1 aromatic heterocycles. The maximum atomic E-state index is 14.4. The SMILES string of the molecule is Cc1ncsc1-c1ccc([C@@H](C)NC(=O)[C@@H]2C[C@@H](O)CN2C(=O)[C@@H](NC(=O)C2CCN(CC3CCN(C(=O)c4ccc(NC(=O)c5ccc([N+](=O)[O-])c(OCC(C)C)c5)c(OCC(C)C)c4)CC3)CC2)C(C)(C)C)cc1. The Morgan fingerprint density at radius 1 is 0.829 bits per heavy atom. The standard InChI is InChI=1S/C57H76N8O10S/c1-34(2)31-74-48-27-43(14-16-45(48)60-53(68)42-15-17-46(65(72)73)49(26-42)75-32-35(3)4)55(70)63-24-18-38(19-25-63)29-62-22-20-41(21-23-62)52(67)61-51(57(7,8)9)56(71)64-30-44(66)28-47(64)54(69)59-36(5)39-10-12-40(13-11-39)50-37(6)58-33-76-50/h10-17,26-27,33-36,38,41,44,47,51,66H,18-25,28-32H2,1-9H3,(H,59,69)(H,60,68)(H,61,67)/t36-,44-,47+,51-/m1/s1. The highest BCUT2D eigenvalue weighted by atomic mass is 32.1. The number of nitrogens with one attached hydrogen (secondary N) is 3. The van der Waals surface area contributed by atoms with Gasteiger partial charge in [-0.15, -0.1) is 11.3 Å². The second-order valence-electron chi connectivity index (χ2n) is 22.6. The number of aromatic nitrogens is 1. The van der Waals surface area contributed by atoms with E-state index in [-0.39, 0.29) is 84.0 Å². The number of piperidine rings is 2. The molecular weight excluding hydrogens is 989 g/mol. The molecule has 0 spiro atoms. The van der Waals surface area contributed by atoms with Crippen LogP contribution in [0, 0.1) is 46.1 Å². The number of nitro groups is 1. The number of anilines is 1. The van der Waals surface area contributed by atoms with Crippen molar-refractivity contribution < 1.29 is 43.5 Å². The van der Waals surface area contributed by atoms with E-state index in [0.29, 0.717) is 55.5 Å². The van der Waals surface area contributed by atoms with Gasteiger partial charge in [0.05, 0.1) is 52.1 Å². The van der Waals surface area contributed by atoms with Gasteiger partial charge in [-0.1, -0.05) is 72.7 Å². The zero-order valence-corrected chi connectivity index (χ0v) is 46.2. The fraction of sp³-hybridized carbons (Fsp3) is 0.544. The summed E-state index contributed by atoms with van der Waals surface area (Å²) in [5.74, 6) is -0.898. The number of thiazole rings is 1. The predicted molar refractivity (Wildman–Crippen MR) is 292 cm³/mol. The number of likely N-dealkylation sites (tertiary alicyclic amines) is 3. The highest BCUT2D eigenvalue weighted by Gasteiger charge is 2.45. The van der Waals surface area contributed by atoms with E-state index < -0.39 is 34.4 Å². The first kappa shape index (κ1) is 57.3. The summed E-state index contributed by atoms with van der Waals surface area (Å²) in [6, 6.07) is 14.8. The lowest BCUT2D eigenvalue weighted by Gasteiger charge is -2.39. The van der Waals surface area contributed by atoms with Gasteiger partial charge < -0.3 is 45.2 Å². The molecule has 3 aromatic carbocycles. The zero-order chi connectivity index (χ0) is 55.0. The maximum absolute atomic E-state index is 14.4. The largest absolute Gasteiger partial charge is 0.491 e. The molecule has 4 N–H and O–H groups in total. The van der Waals surface area contributed by atoms with Crippen LogP contribution in [0.1, 0.15) is 126 Å². The molecule has 0 unspecified atom stereocenters. The third-order valence-electron chi connectivity index (χ3n) is 14.5. The molecule has 0 saturated carbocycles. The number of hydrogen-bond acceptors (Lipinski definition) is 13. The number of aliphatic hydroxyl groups excluding tert-OH is 1. The van der Waals surface area contributed by atoms with E-state index in [9.17, 15) is 39.2 Å². The van der Waals surface area contributed by atoms with Gasteiger partial charge in [-0.2, -0.15) is 0 Å². The number of hydrogen-bond donors (Lipinski definition) is 4. The van der Waals surface area contributed by atoms with Gasteiger partial charge in [-0.25, -0.2) is 4.98 Å². The van der Waals surface area contributed by atoms with Crippen LogP contribution >= 0.6 is 11.3 Å². The van der Waals surface area contributed by atoms with Crippen LogP contribution in [0.3, 0.4) is 0 Å². The Bertz CT molecular complexity index is 2710. The van der Waals surface area contributed by atoms with Crippen LogP contribution < -0.4 is 25.4 Å². The zero-order valence-electron chi connectivity index (χ0n) is 45.4. The molecule has 5 amide bonds. The second kappa shape index (κ2) is 25.1. The molecule has 0 radical (unpaired) electrons. The summed E-state index contributed by atoms with van der Waals surface area (Å²) in [5.41, 5.74) is 4.77. The molecule has 19 heteroatoms. The molecule has 7 rings (SSSR count). The van der Waals surface area contributed by atoms with E-state index in [1.807, 2.05) is 97.0 Å². The van der Waals surface area contributed by atoms with Gasteiger partial charge in [0.2, 0.25) is 17.7 Å². The molecule has 3 saturated heterocycles. The molecule has 0 bridgehead atoms. The predicted octanol–water partition coefficient (Wildman–Crippen LogP) is 8.28. The van der Waals surface area contributed by atoms with Crippen LogP contribution in [0.2, 0.25) is 0 Å². The van der Waals surface area contributed by atoms with Crippen molar-refractivity contribution in [2.75, 3.05) is 57.8 Å². The second-order valence-corrected chi connectivity index (χ2v) is 23.5. The Balaban J connectivity index is 0.890. The lowest BCUT2D eigenvalue weighted by Crippen LogP contribution is -2.59. The van der Waals surface area contributed by atoms with Crippen LogP contribution in [0.25, 0.3) is 10.4 Å². The first-order chi connectivity index (χ1) is 36.1. The van der Waals surface area contributed by atoms with Gasteiger partial charge >= 0.3 is 5.69 Å². The molecule has 0 aliphatic carbocycles. The summed E-state index contributed by atoms with van der Waals surface area (Å²) in [5, 5.41) is 31.4. The summed E-state index contributed by atoms with van der Waals surface area (Å²) < 4.78 is 11.8. The Morgan fingerprint density at radius 2 is 1.46 bits per heavy atom. The highest BCUT2D eigenvalue weighted by Crippen LogP contribution is 2.34. The van der Waals surface area contributed by atoms with Crippen molar-refractivity contribution >= 4 is 52.2 Å². The van der Waals surface area contributed by atoms with E-state index >= 15 is 0 Å². The van der Waals surface area contributed by atoms with Gasteiger partial charge in [0.15, 0.2) is 5.75 Å². The van der Waals surface area contributed by atoms with E-state index in [2.05, 4.69) is 25.8 Å². The Kier molecular flexibility index (Phi) is 18.9. The fourth-order valence-electron chi connectivity index (χ4n) is 10.0. The number of amides is 5. The third kappa shape index (κ3) is 14.5. The average Bonchev–Trinajstić information content (AvgIpc) is 4.01. The minimum absolute atomic E-state index is 0.00372. The van der Waals surface area contributed by atoms with Gasteiger partial charge in [0.1, 0.15) is 17.8 Å². The number of aryl methyl sites for hydroxylation is 1. The van der Waals surface area contributed by atoms with Crippen LogP contribution in [0.4, 0.5) is 11.4 Å². The third-order valence-corrected chi connectivity index (χ3v) is 15.4. The Morgan fingerprint density at radius 3 is 2.07 bits per heavy atom. The number of benzene rings is 3. The van der Waals surface area contributed by atoms with Gasteiger partial charge in [0, 0.05) is 61.8 Å². The molecule has 3 fully saturated rings. The molecule has 410 valence electrons. The number of rotatable bonds is 19. The molecule has 4 atom stereocenters. The molecule has 76 heavy (non-hydrogen) atoms. The Labute approximate surface area is 450 Å². The van der Waals surface area contributed by atoms with Crippen molar-refractivity contribution in [1.82, 2.24) is 30.3 Å². The Hall–Kier alpha value is -6.44. The van der Waals surface area contributed by atoms with Gasteiger partial charge in [-0.3, -0.25) is 34.1 Å². The molecular formula is C57H76N8O10S. The summed E-state index contributed by atoms with van der Waals surface area (Å²) in [7, 11) is 0. The van der Waals surface area contributed by atoms with Crippen LogP contribution in [0.15, 0.2) is 66.2 Å². The van der Waals surface area contributed by atoms with Crippen molar-refractivity contribution in [2.24, 2.45) is 29.1 Å². The smallest absolute Gasteiger partial charge is 0.310 e. The average molecular weight is 1070 g/mol. The van der Waals surface area contributed by atoms with Crippen molar-refractivity contribution in [1.29, 1.82) is 0 Å². The highest BCUT2D eigenvalue weighted by molar-refractivity contribution is 7.13. The number of nitrogens with zero attached hydrogens (tertiary/aromatic N) is 5. The fourth-order valence-corrected chi connectivity index (χ4v) is 10.8. The normalized spacial score (nSPS) is 18.6. The summed E-state index contributed by atoms with van der Waals surface area (Å²) in [6.45, 7) is 21.4. The minimum Gasteiger partial charge on any atom is -0.491 e. The topological polar surface area (TPSA) is 226 Å². The first-order valence-corrected chi connectivity index (χ1v) is 27.5.